The second kappa shape index (κ2) is 7.26. The minimum atomic E-state index is -0.608. The SMILES string of the molecule is CCOC(=O)CC(B1OC(C)(C)C(C)(C)O1)c1ccc(O)c(OC)c1. The fourth-order valence-corrected chi connectivity index (χ4v) is 2.75. The zero-order valence-corrected chi connectivity index (χ0v) is 15.8. The Labute approximate surface area is 149 Å². The largest absolute Gasteiger partial charge is 0.504 e. The van der Waals surface area contributed by atoms with E-state index in [1.807, 2.05) is 27.7 Å². The topological polar surface area (TPSA) is 74.2 Å². The van der Waals surface area contributed by atoms with Gasteiger partial charge in [-0.05, 0) is 52.3 Å². The molecule has 1 aliphatic heterocycles. The maximum Gasteiger partial charge on any atom is 0.466 e. The molecule has 2 rings (SSSR count). The Hall–Kier alpha value is -1.73. The number of carbonyl (C=O) groups excluding carboxylic acids is 1. The molecule has 0 saturated carbocycles. The summed E-state index contributed by atoms with van der Waals surface area (Å²) in [5.41, 5.74) is -0.238. The molecule has 7 heteroatoms. The molecular formula is C18H27BO6. The van der Waals surface area contributed by atoms with Crippen LogP contribution in [0.2, 0.25) is 0 Å². The van der Waals surface area contributed by atoms with E-state index in [1.54, 1.807) is 19.1 Å². The summed E-state index contributed by atoms with van der Waals surface area (Å²) in [5.74, 6) is -0.332. The van der Waals surface area contributed by atoms with Gasteiger partial charge >= 0.3 is 13.1 Å². The van der Waals surface area contributed by atoms with Crippen molar-refractivity contribution in [1.82, 2.24) is 0 Å². The number of carbonyl (C=O) groups is 1. The molecule has 0 amide bonds. The first-order chi connectivity index (χ1) is 11.6. The van der Waals surface area contributed by atoms with E-state index < -0.39 is 18.3 Å². The van der Waals surface area contributed by atoms with Crippen molar-refractivity contribution in [2.24, 2.45) is 0 Å². The second-order valence-corrected chi connectivity index (χ2v) is 7.17. The summed E-state index contributed by atoms with van der Waals surface area (Å²) in [7, 11) is 0.872. The number of methoxy groups -OCH3 is 1. The fraction of sp³-hybridized carbons (Fsp3) is 0.611. The van der Waals surface area contributed by atoms with E-state index in [0.29, 0.717) is 12.4 Å². The third kappa shape index (κ3) is 4.10. The number of ether oxygens (including phenoxy) is 2. The standard InChI is InChI=1S/C18H27BO6/c1-7-23-16(21)11-13(12-8-9-14(20)15(10-12)22-6)19-24-17(2,3)18(4,5)25-19/h8-10,13,20H,7,11H2,1-6H3. The number of benzene rings is 1. The summed E-state index contributed by atoms with van der Waals surface area (Å²) in [6.07, 6.45) is 0.110. The van der Waals surface area contributed by atoms with Crippen LogP contribution < -0.4 is 4.74 Å². The third-order valence-corrected chi connectivity index (χ3v) is 4.92. The minimum Gasteiger partial charge on any atom is -0.504 e. The third-order valence-electron chi connectivity index (χ3n) is 4.92. The fourth-order valence-electron chi connectivity index (χ4n) is 2.75. The number of aromatic hydroxyl groups is 1. The quantitative estimate of drug-likeness (QED) is 0.628. The van der Waals surface area contributed by atoms with E-state index in [-0.39, 0.29) is 24.0 Å². The molecule has 0 bridgehead atoms. The number of hydrogen-bond donors (Lipinski definition) is 1. The maximum absolute atomic E-state index is 12.1. The monoisotopic (exact) mass is 350 g/mol. The molecule has 1 saturated heterocycles. The maximum atomic E-state index is 12.1. The van der Waals surface area contributed by atoms with E-state index in [4.69, 9.17) is 18.8 Å². The molecule has 6 nitrogen and oxygen atoms in total. The lowest BCUT2D eigenvalue weighted by molar-refractivity contribution is -0.143. The van der Waals surface area contributed by atoms with E-state index in [9.17, 15) is 9.90 Å². The van der Waals surface area contributed by atoms with Crippen LogP contribution in [-0.4, -0.2) is 43.1 Å². The highest BCUT2D eigenvalue weighted by Crippen LogP contribution is 2.42. The van der Waals surface area contributed by atoms with Crippen LogP contribution in [0.25, 0.3) is 0 Å². The van der Waals surface area contributed by atoms with Gasteiger partial charge in [-0.1, -0.05) is 6.07 Å². The predicted octanol–water partition coefficient (Wildman–Crippen LogP) is 3.07. The second-order valence-electron chi connectivity index (χ2n) is 7.17. The molecule has 1 unspecified atom stereocenters. The molecule has 1 N–H and O–H groups in total. The normalized spacial score (nSPS) is 19.5. The molecule has 0 aromatic heterocycles. The molecular weight excluding hydrogens is 323 g/mol. The summed E-state index contributed by atoms with van der Waals surface area (Å²) in [6, 6.07) is 4.98. The van der Waals surface area contributed by atoms with Gasteiger partial charge in [-0.15, -0.1) is 0 Å². The van der Waals surface area contributed by atoms with Crippen molar-refractivity contribution < 1.29 is 28.7 Å². The Balaban J connectivity index is 2.36. The van der Waals surface area contributed by atoms with Crippen LogP contribution in [0.4, 0.5) is 0 Å². The summed E-state index contributed by atoms with van der Waals surface area (Å²) in [5, 5.41) is 9.84. The average Bonchev–Trinajstić information content (AvgIpc) is 2.74. The first-order valence-electron chi connectivity index (χ1n) is 8.49. The van der Waals surface area contributed by atoms with Crippen LogP contribution in [0, 0.1) is 0 Å². The highest BCUT2D eigenvalue weighted by molar-refractivity contribution is 6.48. The van der Waals surface area contributed by atoms with Gasteiger partial charge in [0.1, 0.15) is 0 Å². The van der Waals surface area contributed by atoms with Crippen molar-refractivity contribution in [3.05, 3.63) is 23.8 Å². The predicted molar refractivity (Wildman–Crippen MR) is 94.7 cm³/mol. The Kier molecular flexibility index (Phi) is 5.69. The first-order valence-corrected chi connectivity index (χ1v) is 8.49. The van der Waals surface area contributed by atoms with Gasteiger partial charge < -0.3 is 23.9 Å². The van der Waals surface area contributed by atoms with Gasteiger partial charge in [0.15, 0.2) is 11.5 Å². The first kappa shape index (κ1) is 19.6. The smallest absolute Gasteiger partial charge is 0.466 e. The van der Waals surface area contributed by atoms with Crippen molar-refractivity contribution in [2.75, 3.05) is 13.7 Å². The van der Waals surface area contributed by atoms with Crippen molar-refractivity contribution in [1.29, 1.82) is 0 Å². The van der Waals surface area contributed by atoms with Gasteiger partial charge in [0.2, 0.25) is 0 Å². The van der Waals surface area contributed by atoms with Crippen molar-refractivity contribution >= 4 is 13.1 Å². The molecule has 138 valence electrons. The molecule has 25 heavy (non-hydrogen) atoms. The Bertz CT molecular complexity index is 612. The summed E-state index contributed by atoms with van der Waals surface area (Å²) < 4.78 is 22.6. The number of hydrogen-bond acceptors (Lipinski definition) is 6. The van der Waals surface area contributed by atoms with Crippen molar-refractivity contribution in [2.45, 2.75) is 58.1 Å². The van der Waals surface area contributed by atoms with Gasteiger partial charge in [0.25, 0.3) is 0 Å². The summed E-state index contributed by atoms with van der Waals surface area (Å²) >= 11 is 0. The molecule has 1 heterocycles. The lowest BCUT2D eigenvalue weighted by Crippen LogP contribution is -2.41. The van der Waals surface area contributed by atoms with Crippen LogP contribution in [-0.2, 0) is 18.8 Å². The van der Waals surface area contributed by atoms with E-state index >= 15 is 0 Å². The molecule has 1 aromatic rings. The summed E-state index contributed by atoms with van der Waals surface area (Å²) in [6.45, 7) is 9.94. The Morgan fingerprint density at radius 2 is 1.84 bits per heavy atom. The van der Waals surface area contributed by atoms with Crippen LogP contribution in [0.3, 0.4) is 0 Å². The molecule has 0 spiro atoms. The lowest BCUT2D eigenvalue weighted by atomic mass is 9.66. The minimum absolute atomic E-state index is 0.0371. The van der Waals surface area contributed by atoms with Gasteiger partial charge in [-0.25, -0.2) is 0 Å². The molecule has 0 radical (unpaired) electrons. The van der Waals surface area contributed by atoms with Crippen LogP contribution in [0.15, 0.2) is 18.2 Å². The number of rotatable bonds is 6. The van der Waals surface area contributed by atoms with Crippen LogP contribution >= 0.6 is 0 Å². The van der Waals surface area contributed by atoms with Gasteiger partial charge in [-0.3, -0.25) is 4.79 Å². The molecule has 1 fully saturated rings. The molecule has 1 aliphatic rings. The Morgan fingerprint density at radius 1 is 1.24 bits per heavy atom. The van der Waals surface area contributed by atoms with Gasteiger partial charge in [0.05, 0.1) is 31.3 Å². The number of phenols is 1. The highest BCUT2D eigenvalue weighted by atomic mass is 16.7. The Morgan fingerprint density at radius 3 is 2.36 bits per heavy atom. The lowest BCUT2D eigenvalue weighted by Gasteiger charge is -2.32. The average molecular weight is 350 g/mol. The van der Waals surface area contributed by atoms with E-state index in [0.717, 1.165) is 5.56 Å². The van der Waals surface area contributed by atoms with Crippen LogP contribution in [0.1, 0.15) is 52.4 Å². The number of esters is 1. The van der Waals surface area contributed by atoms with Gasteiger partial charge in [-0.2, -0.15) is 0 Å². The zero-order chi connectivity index (χ0) is 18.8. The van der Waals surface area contributed by atoms with Crippen molar-refractivity contribution in [3.8, 4) is 11.5 Å². The summed E-state index contributed by atoms with van der Waals surface area (Å²) in [4.78, 5) is 12.1. The van der Waals surface area contributed by atoms with E-state index in [1.165, 1.54) is 13.2 Å². The van der Waals surface area contributed by atoms with E-state index in [2.05, 4.69) is 0 Å². The number of phenolic OH excluding ortho intramolecular Hbond substituents is 1. The molecule has 0 aliphatic carbocycles. The molecule has 1 aromatic carbocycles. The zero-order valence-electron chi connectivity index (χ0n) is 15.8. The highest BCUT2D eigenvalue weighted by Gasteiger charge is 2.54. The van der Waals surface area contributed by atoms with Crippen molar-refractivity contribution in [3.63, 3.8) is 0 Å². The van der Waals surface area contributed by atoms with Crippen LogP contribution in [0.5, 0.6) is 11.5 Å². The van der Waals surface area contributed by atoms with Gasteiger partial charge in [0, 0.05) is 5.82 Å². The molecule has 1 atom stereocenters.